The number of ether oxygens (including phenoxy) is 3. The normalized spacial score (nSPS) is 28.2. The number of methoxy groups -OCH3 is 1. The molecule has 2 rings (SSSR count). The Labute approximate surface area is 333 Å². The SMILES string of the molecule is CC[Si](CC)(CC)OCCCC[C@H]1O[C@@](OC)([C@@H](O[Si](CC)(CC)CC)[C@@H]2OC=C[C@H](O[Si](CC)(CC)CC)[C@H]2C)C[C@H](O[Si](C)(C)C(C)(C)C)[C@H]1C. The minimum Gasteiger partial charge on any atom is -0.495 e. The Morgan fingerprint density at radius 1 is 0.736 bits per heavy atom. The molecular weight excluding hydrogens is 729 g/mol. The molecule has 0 radical (unpaired) electrons. The van der Waals surface area contributed by atoms with Gasteiger partial charge in [0.15, 0.2) is 39.1 Å². The van der Waals surface area contributed by atoms with E-state index < -0.39 is 45.2 Å². The van der Waals surface area contributed by atoms with E-state index in [1.54, 1.807) is 0 Å². The molecule has 2 aliphatic rings. The molecule has 0 N–H and O–H groups in total. The van der Waals surface area contributed by atoms with Crippen molar-refractivity contribution in [3.8, 4) is 0 Å². The molecule has 1 fully saturated rings. The van der Waals surface area contributed by atoms with E-state index in [1.807, 2.05) is 13.4 Å². The maximum Gasteiger partial charge on any atom is 0.199 e. The summed E-state index contributed by atoms with van der Waals surface area (Å²) >= 11 is 0. The lowest BCUT2D eigenvalue weighted by Crippen LogP contribution is -2.67. The van der Waals surface area contributed by atoms with Crippen molar-refractivity contribution >= 4 is 33.3 Å². The third kappa shape index (κ3) is 11.9. The van der Waals surface area contributed by atoms with Gasteiger partial charge in [0, 0.05) is 32.0 Å². The lowest BCUT2D eigenvalue weighted by molar-refractivity contribution is -0.344. The van der Waals surface area contributed by atoms with Gasteiger partial charge in [-0.3, -0.25) is 0 Å². The lowest BCUT2D eigenvalue weighted by atomic mass is 9.81. The fraction of sp³-hybridized carbons (Fsp3) is 0.952. The maximum absolute atomic E-state index is 7.66. The first kappa shape index (κ1) is 49.3. The highest BCUT2D eigenvalue weighted by Gasteiger charge is 2.59. The van der Waals surface area contributed by atoms with Gasteiger partial charge < -0.3 is 31.9 Å². The summed E-state index contributed by atoms with van der Waals surface area (Å²) in [5, 5.41) is 0.0803. The average molecular weight is 818 g/mol. The number of rotatable bonds is 24. The van der Waals surface area contributed by atoms with Crippen molar-refractivity contribution < 1.29 is 31.9 Å². The molecular formula is C42H88O7Si4. The summed E-state index contributed by atoms with van der Waals surface area (Å²) < 4.78 is 49.9. The van der Waals surface area contributed by atoms with Gasteiger partial charge in [-0.2, -0.15) is 0 Å². The predicted octanol–water partition coefficient (Wildman–Crippen LogP) is 12.7. The highest BCUT2D eigenvalue weighted by molar-refractivity contribution is 6.75. The van der Waals surface area contributed by atoms with E-state index >= 15 is 0 Å². The van der Waals surface area contributed by atoms with E-state index in [9.17, 15) is 0 Å². The molecule has 11 heteroatoms. The minimum atomic E-state index is -2.17. The summed E-state index contributed by atoms with van der Waals surface area (Å²) in [4.78, 5) is 0. The van der Waals surface area contributed by atoms with Crippen LogP contribution in [0.4, 0.5) is 0 Å². The van der Waals surface area contributed by atoms with Crippen molar-refractivity contribution in [2.45, 2.75) is 231 Å². The van der Waals surface area contributed by atoms with Gasteiger partial charge in [-0.25, -0.2) is 0 Å². The van der Waals surface area contributed by atoms with Gasteiger partial charge in [-0.05, 0) is 97.9 Å². The smallest absolute Gasteiger partial charge is 0.199 e. The molecule has 0 bridgehead atoms. The Hall–Kier alpha value is 0.168. The van der Waals surface area contributed by atoms with Crippen LogP contribution in [0.3, 0.4) is 0 Å². The molecule has 8 atom stereocenters. The standard InChI is InChI=1S/C42H88O7Si4/c1-18-51(19-2,20-3)45-31-28-27-29-36-34(10)38(47-50(16,17)41(12,13)14)33-42(43-15,46-36)40(49-53(24-7,25-8)26-9)39-35(11)37(30-32-44-39)48-52(21-4,22-5)23-6/h30,32,34-40H,18-29,31,33H2,1-17H3/t34-,35+,36+,37-,38-,39+,40-,42+/m0/s1. The van der Waals surface area contributed by atoms with Crippen LogP contribution in [-0.2, 0) is 31.9 Å². The second-order valence-corrected chi connectivity index (χ2v) is 37.1. The Balaban J connectivity index is 2.64. The van der Waals surface area contributed by atoms with Crippen molar-refractivity contribution in [1.82, 2.24) is 0 Å². The van der Waals surface area contributed by atoms with E-state index in [0.29, 0.717) is 6.42 Å². The van der Waals surface area contributed by atoms with Crippen molar-refractivity contribution in [2.75, 3.05) is 13.7 Å². The zero-order valence-electron chi connectivity index (χ0n) is 38.0. The molecule has 0 aliphatic carbocycles. The molecule has 314 valence electrons. The number of hydrogen-bond acceptors (Lipinski definition) is 7. The molecule has 0 spiro atoms. The number of unbranched alkanes of at least 4 members (excludes halogenated alkanes) is 1. The maximum atomic E-state index is 7.66. The van der Waals surface area contributed by atoms with E-state index in [0.717, 1.165) is 62.1 Å². The zero-order chi connectivity index (χ0) is 40.3. The van der Waals surface area contributed by atoms with Crippen LogP contribution in [0.15, 0.2) is 12.3 Å². The summed E-state index contributed by atoms with van der Waals surface area (Å²) in [6.07, 6.45) is 6.83. The Morgan fingerprint density at radius 2 is 1.26 bits per heavy atom. The fourth-order valence-electron chi connectivity index (χ4n) is 8.53. The molecule has 2 aliphatic heterocycles. The Kier molecular flexibility index (Phi) is 19.8. The van der Waals surface area contributed by atoms with E-state index in [2.05, 4.69) is 116 Å². The molecule has 1 saturated heterocycles. The highest BCUT2D eigenvalue weighted by atomic mass is 28.4. The Morgan fingerprint density at radius 3 is 1.74 bits per heavy atom. The molecule has 7 nitrogen and oxygen atoms in total. The van der Waals surface area contributed by atoms with Crippen molar-refractivity contribution in [1.29, 1.82) is 0 Å². The van der Waals surface area contributed by atoms with Crippen LogP contribution >= 0.6 is 0 Å². The number of hydrogen-bond donors (Lipinski definition) is 0. The molecule has 0 aromatic carbocycles. The van der Waals surface area contributed by atoms with Crippen LogP contribution in [0.5, 0.6) is 0 Å². The molecule has 0 saturated carbocycles. The predicted molar refractivity (Wildman–Crippen MR) is 235 cm³/mol. The second-order valence-electron chi connectivity index (χ2n) is 18.1. The van der Waals surface area contributed by atoms with Crippen molar-refractivity contribution in [3.63, 3.8) is 0 Å². The van der Waals surface area contributed by atoms with Crippen LogP contribution < -0.4 is 0 Å². The largest absolute Gasteiger partial charge is 0.495 e. The first-order chi connectivity index (χ1) is 24.9. The molecule has 0 amide bonds. The Bertz CT molecular complexity index is 1050. The van der Waals surface area contributed by atoms with Gasteiger partial charge in [-0.15, -0.1) is 0 Å². The van der Waals surface area contributed by atoms with E-state index in [-0.39, 0.29) is 41.3 Å². The fourth-order valence-corrected chi connectivity index (χ4v) is 18.3. The quantitative estimate of drug-likeness (QED) is 0.0710. The second kappa shape index (κ2) is 21.3. The summed E-state index contributed by atoms with van der Waals surface area (Å²) in [5.74, 6) is -0.763. The summed E-state index contributed by atoms with van der Waals surface area (Å²) in [7, 11) is -5.98. The van der Waals surface area contributed by atoms with Crippen LogP contribution in [0.2, 0.25) is 72.5 Å². The third-order valence-corrected chi connectivity index (χ3v) is 33.2. The highest BCUT2D eigenvalue weighted by Crippen LogP contribution is 2.48. The van der Waals surface area contributed by atoms with Crippen molar-refractivity contribution in [3.05, 3.63) is 12.3 Å². The van der Waals surface area contributed by atoms with Crippen LogP contribution in [0, 0.1) is 11.8 Å². The zero-order valence-corrected chi connectivity index (χ0v) is 42.0. The van der Waals surface area contributed by atoms with Crippen LogP contribution in [0.25, 0.3) is 0 Å². The van der Waals surface area contributed by atoms with Gasteiger partial charge in [0.1, 0.15) is 12.2 Å². The van der Waals surface area contributed by atoms with Gasteiger partial charge >= 0.3 is 0 Å². The summed E-state index contributed by atoms with van der Waals surface area (Å²) in [6.45, 7) is 38.0. The van der Waals surface area contributed by atoms with Gasteiger partial charge in [-0.1, -0.05) is 96.9 Å². The summed E-state index contributed by atoms with van der Waals surface area (Å²) in [5.41, 5.74) is 0. The molecule has 53 heavy (non-hydrogen) atoms. The van der Waals surface area contributed by atoms with Crippen LogP contribution in [-0.4, -0.2) is 83.3 Å². The third-order valence-electron chi connectivity index (χ3n) is 14.7. The van der Waals surface area contributed by atoms with E-state index in [1.165, 1.54) is 18.1 Å². The average Bonchev–Trinajstić information content (AvgIpc) is 3.15. The molecule has 0 unspecified atom stereocenters. The van der Waals surface area contributed by atoms with Gasteiger partial charge in [0.2, 0.25) is 0 Å². The lowest BCUT2D eigenvalue weighted by Gasteiger charge is -2.55. The van der Waals surface area contributed by atoms with Crippen LogP contribution in [0.1, 0.15) is 123 Å². The molecule has 0 aromatic heterocycles. The first-order valence-corrected chi connectivity index (χ1v) is 32.6. The minimum absolute atomic E-state index is 0.0277. The first-order valence-electron chi connectivity index (χ1n) is 22.1. The topological polar surface area (TPSA) is 64.6 Å². The molecule has 2 heterocycles. The van der Waals surface area contributed by atoms with E-state index in [4.69, 9.17) is 31.9 Å². The van der Waals surface area contributed by atoms with Gasteiger partial charge in [0.25, 0.3) is 0 Å². The van der Waals surface area contributed by atoms with Crippen molar-refractivity contribution in [2.24, 2.45) is 11.8 Å². The monoisotopic (exact) mass is 817 g/mol. The summed E-state index contributed by atoms with van der Waals surface area (Å²) in [6, 6.07) is 10.00. The van der Waals surface area contributed by atoms with Gasteiger partial charge in [0.05, 0.1) is 24.6 Å². The molecule has 0 aromatic rings.